The molecule has 2 bridgehead atoms. The van der Waals surface area contributed by atoms with E-state index in [4.69, 9.17) is 0 Å². The summed E-state index contributed by atoms with van der Waals surface area (Å²) in [5.74, 6) is 22.4. The van der Waals surface area contributed by atoms with E-state index >= 15 is 0 Å². The number of hydrogen-bond acceptors (Lipinski definition) is 3. The zero-order valence-corrected chi connectivity index (χ0v) is 109. The summed E-state index contributed by atoms with van der Waals surface area (Å²) < 4.78 is 0. The molecule has 7 unspecified atom stereocenters. The van der Waals surface area contributed by atoms with Gasteiger partial charge in [-0.25, -0.2) is 0 Å². The molecule has 0 heterocycles. The molecular formula is C142H293N3. The predicted octanol–water partition coefficient (Wildman–Crippen LogP) is 49.1. The maximum atomic E-state index is 2.65. The summed E-state index contributed by atoms with van der Waals surface area (Å²) in [6, 6.07) is 4.11. The minimum atomic E-state index is 0.532. The Labute approximate surface area is 925 Å². The molecule has 11 saturated carbocycles. The summed E-state index contributed by atoms with van der Waals surface area (Å²) in [6.07, 6.45) is 108. The third-order valence-electron chi connectivity index (χ3n) is 39.1. The van der Waals surface area contributed by atoms with Gasteiger partial charge in [0.1, 0.15) is 0 Å². The zero-order chi connectivity index (χ0) is 110. The molecule has 145 heavy (non-hydrogen) atoms. The molecule has 0 amide bonds. The molecule has 3 heteroatoms. The first kappa shape index (κ1) is 149. The largest absolute Gasteiger partial charge is 0.304 e. The SMILES string of the molecule is CC(C)CC1CCCC1.CC(C)CC1CCCCC1.CC(C)CCC(C)(C)C.CC(C)N(C)C1CCCCC1.CCC(C)CC(CC)CC.CCC(C)CC1CCCC1.CCC(C)CC1CCCCC1.CCCC(C)CCC(CC)CC.CCCC(CC)CC.CCCC1CC2CCC1C2.CCC[C@@H]1CCCC[C@@H]1C.CCC[C@@H]1CCC[C@H](C)[C@@H]1C.CCN(C(C)C)C1CCCCC1.CCN(C)C1CCCCCCC1. The molecule has 0 aliphatic heterocycles. The van der Waals surface area contributed by atoms with Crippen molar-refractivity contribution in [3.05, 3.63) is 0 Å². The monoisotopic (exact) mass is 2040 g/mol. The molecule has 0 spiro atoms. The van der Waals surface area contributed by atoms with Crippen molar-refractivity contribution in [2.24, 2.45) is 136 Å². The van der Waals surface area contributed by atoms with Gasteiger partial charge in [-0.15, -0.1) is 0 Å². The van der Waals surface area contributed by atoms with Gasteiger partial charge in [-0.3, -0.25) is 4.90 Å². The Morgan fingerprint density at radius 1 is 0.262 bits per heavy atom. The van der Waals surface area contributed by atoms with Crippen LogP contribution in [0.15, 0.2) is 0 Å². The lowest BCUT2D eigenvalue weighted by Crippen LogP contribution is -2.41. The number of rotatable bonds is 41. The smallest absolute Gasteiger partial charge is 0.00978 e. The van der Waals surface area contributed by atoms with Crippen LogP contribution in [-0.2, 0) is 0 Å². The van der Waals surface area contributed by atoms with E-state index in [0.717, 1.165) is 160 Å². The van der Waals surface area contributed by atoms with Crippen LogP contribution in [0, 0.1) is 136 Å². The molecule has 11 aliphatic carbocycles. The van der Waals surface area contributed by atoms with Crippen LogP contribution in [0.1, 0.15) is 724 Å². The molecule has 876 valence electrons. The van der Waals surface area contributed by atoms with E-state index in [1.165, 1.54) is 463 Å². The predicted molar refractivity (Wildman–Crippen MR) is 671 cm³/mol. The van der Waals surface area contributed by atoms with Crippen LogP contribution in [-0.4, -0.2) is 72.1 Å². The first-order valence-corrected chi connectivity index (χ1v) is 68.5. The van der Waals surface area contributed by atoms with Crippen LogP contribution >= 0.6 is 0 Å². The molecule has 11 rings (SSSR count). The standard InChI is InChI=1S/C12H26.2C11H23N.2C11H22.C10H21N.C10H18.3C10H20.C10H22.C9H18.C9H20.C8H18/c1-5-8-11(4)9-10-12(6-2)7-3;1-4-12(10(2)3)11-8-6-5-7-9-11;1-3-12(2)11-9-7-5-4-6-8-10-11;1-4-6-11-8-5-7-9(2)10(11)3;1-3-10(2)9-11-7-5-4-6-8-11;1-9(2)11(3)10-7-5-4-6-8-10;1-2-3-9-6-8-4-5-10(9)7-8;1-9(2)8-10-6-4-3-5-7-10;1-3-9(2)8-10-6-4-5-7-10;1-3-6-10-8-5-4-7-9(10)2;1-5-9(4)8-10(6-2)7-3;1-8(2)7-9-5-3-4-6-9;1-8(2)6-7-9(3,4)5;1-4-7-8(5-2)6-3/h11-12H,5-10H2,1-4H3;10-11H,4-9H2,1-3H3;11H,3-10H2,1-2H3;9-11H,4-8H2,1-3H3;10-11H,3-9H2,1-2H3;9-10H,4-8H2,1-3H3;8-10H,2-7H2,1H3;3*9-10H,3-8H2,1-2H3;9-10H,5-8H2,1-4H3;8-9H,3-7H2,1-2H3;8H,6-7H2,1-5H3;8H,4-7H2,1-3H3/t;;;9-,10-,11+;;;;;;9-,10+;;;;/m...0.....0..../s1. The second kappa shape index (κ2) is 99.4. The van der Waals surface area contributed by atoms with Gasteiger partial charge in [-0.2, -0.15) is 0 Å². The summed E-state index contributed by atoms with van der Waals surface area (Å²) in [5, 5.41) is 0. The van der Waals surface area contributed by atoms with Crippen LogP contribution < -0.4 is 0 Å². The van der Waals surface area contributed by atoms with E-state index < -0.39 is 0 Å². The van der Waals surface area contributed by atoms with Crippen LogP contribution in [0.3, 0.4) is 0 Å². The Morgan fingerprint density at radius 3 is 0.959 bits per heavy atom. The lowest BCUT2D eigenvalue weighted by Gasteiger charge is -2.36. The summed E-state index contributed by atoms with van der Waals surface area (Å²) in [4.78, 5) is 7.70. The number of fused-ring (bicyclic) bond motifs is 2. The molecule has 3 nitrogen and oxygen atoms in total. The second-order valence-electron chi connectivity index (χ2n) is 55.3. The highest BCUT2D eigenvalue weighted by Gasteiger charge is 2.39. The third kappa shape index (κ3) is 83.8. The van der Waals surface area contributed by atoms with Crippen LogP contribution in [0.4, 0.5) is 0 Å². The summed E-state index contributed by atoms with van der Waals surface area (Å²) in [7, 11) is 4.53. The maximum absolute atomic E-state index is 2.65. The van der Waals surface area contributed by atoms with Crippen LogP contribution in [0.25, 0.3) is 0 Å². The van der Waals surface area contributed by atoms with Crippen molar-refractivity contribution in [3.63, 3.8) is 0 Å². The Kier molecular flexibility index (Phi) is 102. The van der Waals surface area contributed by atoms with Gasteiger partial charge in [0, 0.05) is 30.2 Å². The quantitative estimate of drug-likeness (QED) is 0.0604. The molecule has 0 N–H and O–H groups in total. The molecule has 0 saturated heterocycles. The van der Waals surface area contributed by atoms with Gasteiger partial charge >= 0.3 is 0 Å². The zero-order valence-electron chi connectivity index (χ0n) is 109. The molecule has 0 aromatic rings. The van der Waals surface area contributed by atoms with E-state index in [-0.39, 0.29) is 0 Å². The average molecular weight is 2040 g/mol. The van der Waals surface area contributed by atoms with Gasteiger partial charge in [0.2, 0.25) is 0 Å². The fourth-order valence-corrected chi connectivity index (χ4v) is 27.4. The molecule has 12 atom stereocenters. The van der Waals surface area contributed by atoms with Crippen molar-refractivity contribution in [1.82, 2.24) is 14.7 Å². The van der Waals surface area contributed by atoms with E-state index in [0.29, 0.717) is 5.41 Å². The van der Waals surface area contributed by atoms with E-state index in [2.05, 4.69) is 278 Å². The lowest BCUT2D eigenvalue weighted by atomic mass is 9.72. The highest BCUT2D eigenvalue weighted by molar-refractivity contribution is 4.90. The van der Waals surface area contributed by atoms with E-state index in [1.54, 1.807) is 25.7 Å². The van der Waals surface area contributed by atoms with Crippen molar-refractivity contribution in [1.29, 1.82) is 0 Å². The first-order chi connectivity index (χ1) is 69.3. The average Bonchev–Trinajstić information content (AvgIpc) is 1.68. The fourth-order valence-electron chi connectivity index (χ4n) is 27.4. The summed E-state index contributed by atoms with van der Waals surface area (Å²) in [5.41, 5.74) is 0.532. The lowest BCUT2D eigenvalue weighted by molar-refractivity contribution is 0.128. The maximum Gasteiger partial charge on any atom is 0.00978 e. The van der Waals surface area contributed by atoms with Crippen LogP contribution in [0.2, 0.25) is 0 Å². The molecular weight excluding hydrogens is 1750 g/mol. The molecule has 0 aromatic carbocycles. The van der Waals surface area contributed by atoms with Gasteiger partial charge < -0.3 is 9.80 Å². The molecule has 0 aromatic heterocycles. The number of nitrogens with zero attached hydrogens (tertiary/aromatic N) is 3. The summed E-state index contributed by atoms with van der Waals surface area (Å²) >= 11 is 0. The van der Waals surface area contributed by atoms with Gasteiger partial charge in [0.05, 0.1) is 0 Å². The van der Waals surface area contributed by atoms with Crippen molar-refractivity contribution in [2.45, 2.75) is 755 Å². The van der Waals surface area contributed by atoms with Crippen molar-refractivity contribution in [2.75, 3.05) is 27.2 Å². The highest BCUT2D eigenvalue weighted by Crippen LogP contribution is 2.50. The van der Waals surface area contributed by atoms with Gasteiger partial charge in [0.25, 0.3) is 0 Å². The molecule has 11 fully saturated rings. The van der Waals surface area contributed by atoms with E-state index in [1.807, 2.05) is 0 Å². The summed E-state index contributed by atoms with van der Waals surface area (Å²) in [6.45, 7) is 86.0. The first-order valence-electron chi connectivity index (χ1n) is 68.5. The van der Waals surface area contributed by atoms with Crippen molar-refractivity contribution < 1.29 is 0 Å². The van der Waals surface area contributed by atoms with E-state index in [9.17, 15) is 0 Å². The number of hydrogen-bond donors (Lipinski definition) is 0. The molecule has 11 aliphatic rings. The van der Waals surface area contributed by atoms with Gasteiger partial charge in [0.15, 0.2) is 0 Å². The fraction of sp³-hybridized carbons (Fsp3) is 1.00. The molecule has 0 radical (unpaired) electrons. The van der Waals surface area contributed by atoms with Crippen LogP contribution in [0.5, 0.6) is 0 Å². The normalized spacial score (nSPS) is 23.3. The Hall–Kier alpha value is -0.120. The van der Waals surface area contributed by atoms with Crippen molar-refractivity contribution in [3.8, 4) is 0 Å². The Balaban J connectivity index is -0.00000150. The minimum absolute atomic E-state index is 0.532. The van der Waals surface area contributed by atoms with Gasteiger partial charge in [-0.05, 0) is 287 Å². The van der Waals surface area contributed by atoms with Gasteiger partial charge in [-0.1, -0.05) is 600 Å². The second-order valence-corrected chi connectivity index (χ2v) is 55.3. The van der Waals surface area contributed by atoms with Crippen molar-refractivity contribution >= 4 is 0 Å². The Morgan fingerprint density at radius 2 is 0.621 bits per heavy atom. The highest BCUT2D eigenvalue weighted by atomic mass is 15.2. The Bertz CT molecular complexity index is 2470. The minimum Gasteiger partial charge on any atom is -0.304 e. The topological polar surface area (TPSA) is 9.72 Å². The third-order valence-corrected chi connectivity index (χ3v) is 39.1.